The van der Waals surface area contributed by atoms with E-state index in [2.05, 4.69) is 29.5 Å². The van der Waals surface area contributed by atoms with E-state index in [1.54, 1.807) is 0 Å². The minimum atomic E-state index is 0.0257. The molecule has 4 nitrogen and oxygen atoms in total. The zero-order valence-electron chi connectivity index (χ0n) is 9.88. The first-order chi connectivity index (χ1) is 7.24. The molecule has 0 aliphatic carbocycles. The molecule has 0 bridgehead atoms. The molecule has 4 heteroatoms. The van der Waals surface area contributed by atoms with Gasteiger partial charge in [-0.25, -0.2) is 0 Å². The molecule has 1 rings (SSSR count). The molecule has 0 spiro atoms. The third-order valence-electron chi connectivity index (χ3n) is 2.96. The number of amides is 1. The normalized spacial score (nSPS) is 22.6. The van der Waals surface area contributed by atoms with Gasteiger partial charge < -0.3 is 15.5 Å². The van der Waals surface area contributed by atoms with E-state index in [0.29, 0.717) is 0 Å². The quantitative estimate of drug-likeness (QED) is 0.685. The Labute approximate surface area is 92.4 Å². The van der Waals surface area contributed by atoms with Gasteiger partial charge >= 0.3 is 0 Å². The fourth-order valence-electron chi connectivity index (χ4n) is 1.72. The monoisotopic (exact) mass is 213 g/mol. The van der Waals surface area contributed by atoms with E-state index < -0.39 is 0 Å². The Morgan fingerprint density at radius 1 is 1.53 bits per heavy atom. The molecule has 1 saturated heterocycles. The summed E-state index contributed by atoms with van der Waals surface area (Å²) >= 11 is 0. The van der Waals surface area contributed by atoms with E-state index in [9.17, 15) is 4.79 Å². The number of hydrogen-bond acceptors (Lipinski definition) is 3. The predicted octanol–water partition coefficient (Wildman–Crippen LogP) is 0.196. The van der Waals surface area contributed by atoms with Crippen molar-refractivity contribution in [1.82, 2.24) is 15.5 Å². The van der Waals surface area contributed by atoms with Gasteiger partial charge in [0.25, 0.3) is 0 Å². The number of likely N-dealkylation sites (N-methyl/N-ethyl adjacent to an activating group) is 1. The average Bonchev–Trinajstić information content (AvgIpc) is 2.44. The summed E-state index contributed by atoms with van der Waals surface area (Å²) in [5.41, 5.74) is 0. The molecule has 1 fully saturated rings. The van der Waals surface area contributed by atoms with Crippen molar-refractivity contribution in [2.75, 3.05) is 33.2 Å². The standard InChI is InChI=1S/C11H23N3O/c1-3-14(2)9-8-12-10-6-4-5-7-13-11(10)15/h10,12H,3-9H2,1-2H3,(H,13,15). The highest BCUT2D eigenvalue weighted by Gasteiger charge is 2.19. The molecule has 1 unspecified atom stereocenters. The van der Waals surface area contributed by atoms with Crippen LogP contribution in [-0.2, 0) is 4.79 Å². The number of nitrogens with one attached hydrogen (secondary N) is 2. The van der Waals surface area contributed by atoms with Crippen LogP contribution in [0, 0.1) is 0 Å². The zero-order chi connectivity index (χ0) is 11.1. The molecule has 1 amide bonds. The Morgan fingerprint density at radius 3 is 3.07 bits per heavy atom. The van der Waals surface area contributed by atoms with E-state index in [1.807, 2.05) is 0 Å². The lowest BCUT2D eigenvalue weighted by Gasteiger charge is -2.18. The van der Waals surface area contributed by atoms with Gasteiger partial charge in [0.1, 0.15) is 0 Å². The van der Waals surface area contributed by atoms with Crippen LogP contribution in [0.4, 0.5) is 0 Å². The van der Waals surface area contributed by atoms with Gasteiger partial charge in [0.05, 0.1) is 6.04 Å². The van der Waals surface area contributed by atoms with Crippen molar-refractivity contribution < 1.29 is 4.79 Å². The van der Waals surface area contributed by atoms with Crippen LogP contribution >= 0.6 is 0 Å². The Kier molecular flexibility index (Phi) is 5.65. The topological polar surface area (TPSA) is 44.4 Å². The Bertz CT molecular complexity index is 196. The van der Waals surface area contributed by atoms with E-state index in [4.69, 9.17) is 0 Å². The maximum absolute atomic E-state index is 11.6. The van der Waals surface area contributed by atoms with E-state index in [-0.39, 0.29) is 11.9 Å². The highest BCUT2D eigenvalue weighted by atomic mass is 16.2. The molecular weight excluding hydrogens is 190 g/mol. The molecule has 1 heterocycles. The number of carbonyl (C=O) groups is 1. The van der Waals surface area contributed by atoms with Gasteiger partial charge in [0.2, 0.25) is 5.91 Å². The molecule has 15 heavy (non-hydrogen) atoms. The van der Waals surface area contributed by atoms with Crippen molar-refractivity contribution in [3.8, 4) is 0 Å². The Morgan fingerprint density at radius 2 is 2.33 bits per heavy atom. The van der Waals surface area contributed by atoms with Gasteiger partial charge in [-0.15, -0.1) is 0 Å². The van der Waals surface area contributed by atoms with Crippen molar-refractivity contribution in [2.45, 2.75) is 32.2 Å². The molecular formula is C11H23N3O. The second kappa shape index (κ2) is 6.80. The van der Waals surface area contributed by atoms with Gasteiger partial charge in [0.15, 0.2) is 0 Å². The summed E-state index contributed by atoms with van der Waals surface area (Å²) < 4.78 is 0. The first kappa shape index (κ1) is 12.5. The van der Waals surface area contributed by atoms with Crippen LogP contribution in [0.25, 0.3) is 0 Å². The first-order valence-electron chi connectivity index (χ1n) is 5.93. The second-order valence-corrected chi connectivity index (χ2v) is 4.19. The lowest BCUT2D eigenvalue weighted by atomic mass is 10.1. The van der Waals surface area contributed by atoms with Crippen molar-refractivity contribution in [3.63, 3.8) is 0 Å². The molecule has 88 valence electrons. The van der Waals surface area contributed by atoms with Gasteiger partial charge in [0, 0.05) is 19.6 Å². The third-order valence-corrected chi connectivity index (χ3v) is 2.96. The number of hydrogen-bond donors (Lipinski definition) is 2. The van der Waals surface area contributed by atoms with E-state index in [1.165, 1.54) is 0 Å². The molecule has 0 radical (unpaired) electrons. The maximum atomic E-state index is 11.6. The van der Waals surface area contributed by atoms with Crippen molar-refractivity contribution in [2.24, 2.45) is 0 Å². The molecule has 0 aromatic heterocycles. The van der Waals surface area contributed by atoms with E-state index in [0.717, 1.165) is 45.4 Å². The fourth-order valence-corrected chi connectivity index (χ4v) is 1.72. The van der Waals surface area contributed by atoms with Crippen molar-refractivity contribution >= 4 is 5.91 Å². The zero-order valence-corrected chi connectivity index (χ0v) is 9.88. The second-order valence-electron chi connectivity index (χ2n) is 4.19. The van der Waals surface area contributed by atoms with Gasteiger partial charge in [-0.3, -0.25) is 4.79 Å². The summed E-state index contributed by atoms with van der Waals surface area (Å²) in [6.07, 6.45) is 3.22. The molecule has 1 aliphatic rings. The van der Waals surface area contributed by atoms with Crippen LogP contribution in [0.1, 0.15) is 26.2 Å². The number of nitrogens with zero attached hydrogens (tertiary/aromatic N) is 1. The summed E-state index contributed by atoms with van der Waals surface area (Å²) in [7, 11) is 2.09. The average molecular weight is 213 g/mol. The smallest absolute Gasteiger partial charge is 0.237 e. The summed E-state index contributed by atoms with van der Waals surface area (Å²) in [6, 6.07) is 0.0257. The van der Waals surface area contributed by atoms with Crippen LogP contribution in [0.5, 0.6) is 0 Å². The molecule has 0 aromatic rings. The van der Waals surface area contributed by atoms with Gasteiger partial charge in [-0.1, -0.05) is 6.92 Å². The highest BCUT2D eigenvalue weighted by molar-refractivity contribution is 5.81. The Balaban J connectivity index is 2.20. The molecule has 1 atom stereocenters. The molecule has 0 saturated carbocycles. The maximum Gasteiger partial charge on any atom is 0.237 e. The van der Waals surface area contributed by atoms with Crippen LogP contribution in [0.15, 0.2) is 0 Å². The molecule has 1 aliphatic heterocycles. The summed E-state index contributed by atoms with van der Waals surface area (Å²) in [5.74, 6) is 0.173. The molecule has 2 N–H and O–H groups in total. The lowest BCUT2D eigenvalue weighted by Crippen LogP contribution is -2.45. The minimum Gasteiger partial charge on any atom is -0.355 e. The first-order valence-corrected chi connectivity index (χ1v) is 5.93. The number of carbonyl (C=O) groups excluding carboxylic acids is 1. The Hall–Kier alpha value is -0.610. The SMILES string of the molecule is CCN(C)CCNC1CCCCNC1=O. The fraction of sp³-hybridized carbons (Fsp3) is 0.909. The highest BCUT2D eigenvalue weighted by Crippen LogP contribution is 2.04. The largest absolute Gasteiger partial charge is 0.355 e. The summed E-state index contributed by atoms with van der Waals surface area (Å²) in [5, 5.41) is 6.25. The van der Waals surface area contributed by atoms with E-state index >= 15 is 0 Å². The predicted molar refractivity (Wildman–Crippen MR) is 61.8 cm³/mol. The van der Waals surface area contributed by atoms with Crippen LogP contribution in [-0.4, -0.2) is 50.1 Å². The third kappa shape index (κ3) is 4.62. The van der Waals surface area contributed by atoms with Gasteiger partial charge in [-0.2, -0.15) is 0 Å². The molecule has 0 aromatic carbocycles. The van der Waals surface area contributed by atoms with Crippen LogP contribution in [0.3, 0.4) is 0 Å². The number of rotatable bonds is 5. The van der Waals surface area contributed by atoms with Gasteiger partial charge in [-0.05, 0) is 32.9 Å². The lowest BCUT2D eigenvalue weighted by molar-refractivity contribution is -0.122. The summed E-state index contributed by atoms with van der Waals surface area (Å²) in [4.78, 5) is 13.8. The van der Waals surface area contributed by atoms with Crippen molar-refractivity contribution in [1.29, 1.82) is 0 Å². The van der Waals surface area contributed by atoms with Crippen molar-refractivity contribution in [3.05, 3.63) is 0 Å². The van der Waals surface area contributed by atoms with Crippen LogP contribution < -0.4 is 10.6 Å². The summed E-state index contributed by atoms with van der Waals surface area (Å²) in [6.45, 7) is 5.92. The minimum absolute atomic E-state index is 0.0257. The van der Waals surface area contributed by atoms with Crippen LogP contribution in [0.2, 0.25) is 0 Å².